The van der Waals surface area contributed by atoms with Gasteiger partial charge in [-0.3, -0.25) is 0 Å². The smallest absolute Gasteiger partial charge is 0.122 e. The highest BCUT2D eigenvalue weighted by Crippen LogP contribution is 2.28. The van der Waals surface area contributed by atoms with Crippen molar-refractivity contribution in [2.75, 3.05) is 7.11 Å². The van der Waals surface area contributed by atoms with E-state index in [-0.39, 0.29) is 0 Å². The van der Waals surface area contributed by atoms with Crippen LogP contribution in [0.2, 0.25) is 0 Å². The molecular weight excluding hydrogens is 244 g/mol. The molecule has 0 radical (unpaired) electrons. The Morgan fingerprint density at radius 2 is 2.00 bits per heavy atom. The van der Waals surface area contributed by atoms with Gasteiger partial charge in [0.25, 0.3) is 0 Å². The number of hydrogen-bond donors (Lipinski definition) is 0. The molecule has 0 amide bonds. The zero-order chi connectivity index (χ0) is 15.1. The highest BCUT2D eigenvalue weighted by molar-refractivity contribution is 5.62. The van der Waals surface area contributed by atoms with Gasteiger partial charge in [-0.15, -0.1) is 6.42 Å². The molecule has 0 aliphatic rings. The summed E-state index contributed by atoms with van der Waals surface area (Å²) < 4.78 is 5.42. The number of rotatable bonds is 7. The molecule has 1 aromatic carbocycles. The molecule has 0 N–H and O–H groups in total. The van der Waals surface area contributed by atoms with Gasteiger partial charge in [-0.25, -0.2) is 19.1 Å². The van der Waals surface area contributed by atoms with Gasteiger partial charge in [0.2, 0.25) is 0 Å². The number of hydrogen-bond acceptors (Lipinski definition) is 1. The van der Waals surface area contributed by atoms with E-state index in [0.29, 0.717) is 5.92 Å². The van der Waals surface area contributed by atoms with E-state index in [4.69, 9.17) is 4.74 Å². The summed E-state index contributed by atoms with van der Waals surface area (Å²) >= 11 is 0. The quantitative estimate of drug-likeness (QED) is 0.474. The fourth-order valence-corrected chi connectivity index (χ4v) is 2.37. The molecule has 0 spiro atoms. The van der Waals surface area contributed by atoms with E-state index in [0.717, 1.165) is 18.6 Å². The maximum absolute atomic E-state index is 5.42. The maximum Gasteiger partial charge on any atom is 0.122 e. The van der Waals surface area contributed by atoms with Crippen LogP contribution in [0.4, 0.5) is 0 Å². The van der Waals surface area contributed by atoms with Gasteiger partial charge in [0.05, 0.1) is 7.11 Å². The summed E-state index contributed by atoms with van der Waals surface area (Å²) in [6.45, 7) is 12.4. The molecule has 20 heavy (non-hydrogen) atoms. The van der Waals surface area contributed by atoms with Crippen LogP contribution in [0.5, 0.6) is 5.75 Å². The Labute approximate surface area is 124 Å². The molecule has 1 rings (SSSR count). The maximum atomic E-state index is 5.42. The summed E-state index contributed by atoms with van der Waals surface area (Å²) in [4.78, 5) is 0. The minimum atomic E-state index is 0.576. The van der Waals surface area contributed by atoms with Gasteiger partial charge in [0.1, 0.15) is 5.75 Å². The number of ether oxygens (including phenoxy) is 1. The van der Waals surface area contributed by atoms with Crippen LogP contribution < -0.4 is 4.74 Å². The van der Waals surface area contributed by atoms with Crippen LogP contribution in [0.25, 0.3) is 6.08 Å². The van der Waals surface area contributed by atoms with Gasteiger partial charge in [-0.2, -0.15) is 0 Å². The molecule has 0 fully saturated rings. The second-order valence-electron chi connectivity index (χ2n) is 5.44. The van der Waals surface area contributed by atoms with Crippen molar-refractivity contribution in [2.45, 2.75) is 40.5 Å². The summed E-state index contributed by atoms with van der Waals surface area (Å²) in [5.41, 5.74) is 5.13. The minimum Gasteiger partial charge on any atom is -0.496 e. The van der Waals surface area contributed by atoms with Crippen LogP contribution in [0.1, 0.15) is 42.0 Å². The third-order valence-electron chi connectivity index (χ3n) is 3.88. The molecule has 0 bridgehead atoms. The standard InChI is InChI=1S/C19H27O/c1-7-8-9-10-14(2)11-12-18-15(3)13-19(20-6)17(5)16(18)4/h7-8,11-14H,1,9-10H2,2-6H3/q-1/b12-11+. The molecule has 0 saturated carbocycles. The van der Waals surface area contributed by atoms with Crippen LogP contribution in [0.15, 0.2) is 24.8 Å². The van der Waals surface area contributed by atoms with Gasteiger partial charge in [-0.05, 0) is 55.0 Å². The van der Waals surface area contributed by atoms with Crippen LogP contribution >= 0.6 is 0 Å². The molecule has 0 aliphatic heterocycles. The molecule has 0 saturated heterocycles. The van der Waals surface area contributed by atoms with Gasteiger partial charge in [0.15, 0.2) is 0 Å². The molecule has 1 nitrogen and oxygen atoms in total. The normalized spacial score (nSPS) is 12.4. The molecule has 0 heterocycles. The fourth-order valence-electron chi connectivity index (χ4n) is 2.37. The molecule has 1 unspecified atom stereocenters. The fraction of sp³-hybridized carbons (Fsp3) is 0.421. The zero-order valence-corrected chi connectivity index (χ0v) is 13.5. The van der Waals surface area contributed by atoms with Crippen molar-refractivity contribution in [3.05, 3.63) is 53.5 Å². The SMILES string of the molecule is C=C[CH-]CCC(C)/C=C/c1c(C)cc(OC)c(C)c1C. The first-order chi connectivity index (χ1) is 9.51. The lowest BCUT2D eigenvalue weighted by Gasteiger charge is -2.14. The second-order valence-corrected chi connectivity index (χ2v) is 5.44. The number of aryl methyl sites for hydroxylation is 1. The molecule has 1 atom stereocenters. The highest BCUT2D eigenvalue weighted by Gasteiger charge is 2.08. The van der Waals surface area contributed by atoms with E-state index in [1.165, 1.54) is 22.3 Å². The summed E-state index contributed by atoms with van der Waals surface area (Å²) in [6.07, 6.45) is 10.8. The van der Waals surface area contributed by atoms with E-state index >= 15 is 0 Å². The number of unbranched alkanes of at least 4 members (excludes halogenated alkanes) is 1. The molecule has 0 aromatic heterocycles. The lowest BCUT2D eigenvalue weighted by Crippen LogP contribution is -1.96. The first-order valence-corrected chi connectivity index (χ1v) is 7.28. The van der Waals surface area contributed by atoms with E-state index in [1.807, 2.05) is 6.08 Å². The first-order valence-electron chi connectivity index (χ1n) is 7.28. The van der Waals surface area contributed by atoms with Crippen molar-refractivity contribution in [1.82, 2.24) is 0 Å². The third-order valence-corrected chi connectivity index (χ3v) is 3.88. The topological polar surface area (TPSA) is 9.23 Å². The number of methoxy groups -OCH3 is 1. The minimum absolute atomic E-state index is 0.576. The predicted molar refractivity (Wildman–Crippen MR) is 89.1 cm³/mol. The van der Waals surface area contributed by atoms with Gasteiger partial charge in [0, 0.05) is 0 Å². The lowest BCUT2D eigenvalue weighted by molar-refractivity contribution is 0.411. The van der Waals surface area contributed by atoms with Crippen LogP contribution in [-0.2, 0) is 0 Å². The molecule has 1 heteroatoms. The Morgan fingerprint density at radius 3 is 2.60 bits per heavy atom. The Kier molecular flexibility index (Phi) is 6.44. The van der Waals surface area contributed by atoms with Gasteiger partial charge >= 0.3 is 0 Å². The Bertz CT molecular complexity index is 483. The van der Waals surface area contributed by atoms with Crippen molar-refractivity contribution >= 4 is 6.08 Å². The largest absolute Gasteiger partial charge is 0.496 e. The van der Waals surface area contributed by atoms with Crippen LogP contribution in [-0.4, -0.2) is 7.11 Å². The molecule has 1 aromatic rings. The predicted octanol–water partition coefficient (Wildman–Crippen LogP) is 5.44. The van der Waals surface area contributed by atoms with Crippen molar-refractivity contribution in [3.63, 3.8) is 0 Å². The van der Waals surface area contributed by atoms with Crippen LogP contribution in [0.3, 0.4) is 0 Å². The van der Waals surface area contributed by atoms with Crippen molar-refractivity contribution in [1.29, 1.82) is 0 Å². The average Bonchev–Trinajstić information content (AvgIpc) is 2.43. The average molecular weight is 271 g/mol. The first kappa shape index (κ1) is 16.4. The van der Waals surface area contributed by atoms with E-state index in [2.05, 4.69) is 58.9 Å². The Morgan fingerprint density at radius 1 is 1.30 bits per heavy atom. The second kappa shape index (κ2) is 7.84. The summed E-state index contributed by atoms with van der Waals surface area (Å²) in [5.74, 6) is 1.55. The number of benzene rings is 1. The van der Waals surface area contributed by atoms with Crippen molar-refractivity contribution in [2.24, 2.45) is 5.92 Å². The van der Waals surface area contributed by atoms with Gasteiger partial charge < -0.3 is 4.74 Å². The van der Waals surface area contributed by atoms with Gasteiger partial charge in [-0.1, -0.05) is 25.5 Å². The Hall–Kier alpha value is -1.63. The van der Waals surface area contributed by atoms with E-state index in [9.17, 15) is 0 Å². The molecular formula is C19H27O-. The third kappa shape index (κ3) is 4.19. The highest BCUT2D eigenvalue weighted by atomic mass is 16.5. The summed E-state index contributed by atoms with van der Waals surface area (Å²) in [6, 6.07) is 2.12. The van der Waals surface area contributed by atoms with E-state index < -0.39 is 0 Å². The molecule has 0 aliphatic carbocycles. The number of allylic oxidation sites excluding steroid dienone is 2. The lowest BCUT2D eigenvalue weighted by atomic mass is 9.95. The van der Waals surface area contributed by atoms with E-state index in [1.54, 1.807) is 7.11 Å². The zero-order valence-electron chi connectivity index (χ0n) is 13.5. The van der Waals surface area contributed by atoms with Crippen molar-refractivity contribution in [3.8, 4) is 5.75 Å². The monoisotopic (exact) mass is 271 g/mol. The summed E-state index contributed by atoms with van der Waals surface area (Å²) in [7, 11) is 1.73. The Balaban J connectivity index is 2.87. The summed E-state index contributed by atoms with van der Waals surface area (Å²) in [5, 5.41) is 0. The van der Waals surface area contributed by atoms with Crippen LogP contribution in [0, 0.1) is 33.1 Å². The molecule has 110 valence electrons. The van der Waals surface area contributed by atoms with Crippen molar-refractivity contribution < 1.29 is 4.74 Å².